The van der Waals surface area contributed by atoms with Crippen LogP contribution in [0.5, 0.6) is 5.75 Å². The fourth-order valence-corrected chi connectivity index (χ4v) is 1.87. The molecule has 0 spiro atoms. The number of hydrogen-bond acceptors (Lipinski definition) is 3. The molecule has 1 saturated carbocycles. The van der Waals surface area contributed by atoms with Crippen molar-refractivity contribution in [1.82, 2.24) is 0 Å². The summed E-state index contributed by atoms with van der Waals surface area (Å²) in [6.45, 7) is 0.585. The van der Waals surface area contributed by atoms with E-state index < -0.39 is 0 Å². The van der Waals surface area contributed by atoms with Crippen molar-refractivity contribution in [1.29, 1.82) is 0 Å². The van der Waals surface area contributed by atoms with E-state index in [0.29, 0.717) is 12.5 Å². The second-order valence-corrected chi connectivity index (χ2v) is 4.81. The Bertz CT molecular complexity index is 374. The van der Waals surface area contributed by atoms with Crippen molar-refractivity contribution >= 4 is 21.9 Å². The summed E-state index contributed by atoms with van der Waals surface area (Å²) < 4.78 is 11.3. The van der Waals surface area contributed by atoms with Gasteiger partial charge in [0.05, 0.1) is 19.6 Å². The van der Waals surface area contributed by atoms with Gasteiger partial charge in [0.1, 0.15) is 5.75 Å². The molecule has 2 atom stereocenters. The summed E-state index contributed by atoms with van der Waals surface area (Å²) >= 11 is 3.36. The number of esters is 1. The van der Waals surface area contributed by atoms with E-state index in [-0.39, 0.29) is 11.9 Å². The molecule has 1 aliphatic rings. The topological polar surface area (TPSA) is 35.5 Å². The summed E-state index contributed by atoms with van der Waals surface area (Å²) in [5.74, 6) is 1.07. The standard InChI is InChI=1S/C12H13BrO3/c1-15-12(14)11-6-8(11)7-16-10-4-2-9(13)3-5-10/h2-5,8,11H,6-7H2,1H3/t8-,11+/m1/s1. The summed E-state index contributed by atoms with van der Waals surface area (Å²) in [6.07, 6.45) is 0.878. The number of halogens is 1. The van der Waals surface area contributed by atoms with Gasteiger partial charge in [-0.05, 0) is 30.7 Å². The number of ether oxygens (including phenoxy) is 2. The molecule has 1 fully saturated rings. The smallest absolute Gasteiger partial charge is 0.309 e. The molecule has 0 unspecified atom stereocenters. The first-order valence-electron chi connectivity index (χ1n) is 5.17. The Balaban J connectivity index is 1.77. The van der Waals surface area contributed by atoms with Gasteiger partial charge in [-0.2, -0.15) is 0 Å². The van der Waals surface area contributed by atoms with Crippen molar-refractivity contribution in [3.63, 3.8) is 0 Å². The lowest BCUT2D eigenvalue weighted by Crippen LogP contribution is -2.08. The normalized spacial score (nSPS) is 22.6. The molecule has 0 radical (unpaired) electrons. The van der Waals surface area contributed by atoms with Gasteiger partial charge in [-0.15, -0.1) is 0 Å². The van der Waals surface area contributed by atoms with E-state index in [4.69, 9.17) is 4.74 Å². The first-order chi connectivity index (χ1) is 7.70. The lowest BCUT2D eigenvalue weighted by molar-refractivity contribution is -0.142. The van der Waals surface area contributed by atoms with Crippen LogP contribution in [0.4, 0.5) is 0 Å². The minimum Gasteiger partial charge on any atom is -0.493 e. The molecule has 0 bridgehead atoms. The number of hydrogen-bond donors (Lipinski definition) is 0. The molecule has 1 aromatic rings. The minimum atomic E-state index is -0.121. The van der Waals surface area contributed by atoms with Crippen molar-refractivity contribution in [2.45, 2.75) is 6.42 Å². The Kier molecular flexibility index (Phi) is 3.49. The number of rotatable bonds is 4. The highest BCUT2D eigenvalue weighted by atomic mass is 79.9. The predicted molar refractivity (Wildman–Crippen MR) is 63.3 cm³/mol. The van der Waals surface area contributed by atoms with E-state index >= 15 is 0 Å². The van der Waals surface area contributed by atoms with Crippen LogP contribution in [0, 0.1) is 11.8 Å². The van der Waals surface area contributed by atoms with Gasteiger partial charge in [0.2, 0.25) is 0 Å². The largest absolute Gasteiger partial charge is 0.493 e. The fourth-order valence-electron chi connectivity index (χ4n) is 1.61. The highest BCUT2D eigenvalue weighted by molar-refractivity contribution is 9.10. The second kappa shape index (κ2) is 4.87. The van der Waals surface area contributed by atoms with Gasteiger partial charge in [-0.3, -0.25) is 4.79 Å². The molecule has 0 N–H and O–H groups in total. The molecule has 16 heavy (non-hydrogen) atoms. The zero-order chi connectivity index (χ0) is 11.5. The van der Waals surface area contributed by atoms with Crippen LogP contribution in [0.3, 0.4) is 0 Å². The third kappa shape index (κ3) is 2.76. The van der Waals surface area contributed by atoms with Crippen molar-refractivity contribution in [3.05, 3.63) is 28.7 Å². The molecule has 0 aliphatic heterocycles. The van der Waals surface area contributed by atoms with E-state index in [1.165, 1.54) is 7.11 Å². The third-order valence-electron chi connectivity index (χ3n) is 2.70. The first-order valence-corrected chi connectivity index (χ1v) is 5.96. The lowest BCUT2D eigenvalue weighted by Gasteiger charge is -2.05. The molecular formula is C12H13BrO3. The molecule has 86 valence electrons. The minimum absolute atomic E-state index is 0.0421. The summed E-state index contributed by atoms with van der Waals surface area (Å²) in [6, 6.07) is 7.67. The Morgan fingerprint density at radius 2 is 2.12 bits per heavy atom. The summed E-state index contributed by atoms with van der Waals surface area (Å²) in [4.78, 5) is 11.2. The van der Waals surface area contributed by atoms with Gasteiger partial charge in [-0.25, -0.2) is 0 Å². The van der Waals surface area contributed by atoms with Crippen molar-refractivity contribution in [2.24, 2.45) is 11.8 Å². The van der Waals surface area contributed by atoms with Crippen LogP contribution < -0.4 is 4.74 Å². The van der Waals surface area contributed by atoms with E-state index in [0.717, 1.165) is 16.6 Å². The van der Waals surface area contributed by atoms with Gasteiger partial charge in [0.25, 0.3) is 0 Å². The number of benzene rings is 1. The van der Waals surface area contributed by atoms with Gasteiger partial charge < -0.3 is 9.47 Å². The molecule has 1 aliphatic carbocycles. The van der Waals surface area contributed by atoms with Gasteiger partial charge >= 0.3 is 5.97 Å². The summed E-state index contributed by atoms with van der Waals surface area (Å²) in [5, 5.41) is 0. The predicted octanol–water partition coefficient (Wildman–Crippen LogP) is 2.64. The van der Waals surface area contributed by atoms with Crippen molar-refractivity contribution in [2.75, 3.05) is 13.7 Å². The first kappa shape index (κ1) is 11.5. The molecule has 0 aromatic heterocycles. The third-order valence-corrected chi connectivity index (χ3v) is 3.23. The van der Waals surface area contributed by atoms with E-state index in [2.05, 4.69) is 20.7 Å². The maximum absolute atomic E-state index is 11.2. The highest BCUT2D eigenvalue weighted by Gasteiger charge is 2.44. The quantitative estimate of drug-likeness (QED) is 0.798. The van der Waals surface area contributed by atoms with Crippen LogP contribution in [-0.4, -0.2) is 19.7 Å². The summed E-state index contributed by atoms with van der Waals surface area (Å²) in [5.41, 5.74) is 0. The monoisotopic (exact) mass is 284 g/mol. The number of carbonyl (C=O) groups excluding carboxylic acids is 1. The SMILES string of the molecule is COC(=O)[C@H]1C[C@@H]1COc1ccc(Br)cc1. The van der Waals surface area contributed by atoms with Gasteiger partial charge in [0.15, 0.2) is 0 Å². The van der Waals surface area contributed by atoms with Crippen molar-refractivity contribution in [3.8, 4) is 5.75 Å². The van der Waals surface area contributed by atoms with Gasteiger partial charge in [-0.1, -0.05) is 15.9 Å². The maximum atomic E-state index is 11.2. The Morgan fingerprint density at radius 3 is 2.75 bits per heavy atom. The van der Waals surface area contributed by atoms with Crippen molar-refractivity contribution < 1.29 is 14.3 Å². The van der Waals surface area contributed by atoms with Gasteiger partial charge in [0, 0.05) is 10.4 Å². The fraction of sp³-hybridized carbons (Fsp3) is 0.417. The van der Waals surface area contributed by atoms with Crippen LogP contribution in [0.15, 0.2) is 28.7 Å². The average molecular weight is 285 g/mol. The Hall–Kier alpha value is -1.03. The molecule has 0 heterocycles. The molecule has 0 amide bonds. The number of methoxy groups -OCH3 is 1. The van der Waals surface area contributed by atoms with Crippen LogP contribution in [-0.2, 0) is 9.53 Å². The molecule has 4 heteroatoms. The average Bonchev–Trinajstić information content (AvgIpc) is 3.07. The zero-order valence-electron chi connectivity index (χ0n) is 8.98. The highest BCUT2D eigenvalue weighted by Crippen LogP contribution is 2.39. The maximum Gasteiger partial charge on any atom is 0.309 e. The Morgan fingerprint density at radius 1 is 1.44 bits per heavy atom. The Labute approximate surface area is 103 Å². The van der Waals surface area contributed by atoms with E-state index in [9.17, 15) is 4.79 Å². The van der Waals surface area contributed by atoms with Crippen LogP contribution in [0.2, 0.25) is 0 Å². The van der Waals surface area contributed by atoms with E-state index in [1.54, 1.807) is 0 Å². The summed E-state index contributed by atoms with van der Waals surface area (Å²) in [7, 11) is 1.42. The molecule has 0 saturated heterocycles. The van der Waals surface area contributed by atoms with Crippen LogP contribution >= 0.6 is 15.9 Å². The van der Waals surface area contributed by atoms with Crippen LogP contribution in [0.25, 0.3) is 0 Å². The molecular weight excluding hydrogens is 272 g/mol. The molecule has 1 aromatic carbocycles. The molecule has 3 nitrogen and oxygen atoms in total. The van der Waals surface area contributed by atoms with Crippen LogP contribution in [0.1, 0.15) is 6.42 Å². The zero-order valence-corrected chi connectivity index (χ0v) is 10.6. The van der Waals surface area contributed by atoms with E-state index in [1.807, 2.05) is 24.3 Å². The number of carbonyl (C=O) groups is 1. The molecule has 2 rings (SSSR count). The lowest BCUT2D eigenvalue weighted by atomic mass is 10.3. The second-order valence-electron chi connectivity index (χ2n) is 3.89.